The average Bonchev–Trinajstić information content (AvgIpc) is 3.35. The number of carbonyl (C=O) groups excluding carboxylic acids is 2. The van der Waals surface area contributed by atoms with Crippen LogP contribution in [0.1, 0.15) is 30.4 Å². The van der Waals surface area contributed by atoms with Crippen molar-refractivity contribution in [2.24, 2.45) is 11.8 Å². The van der Waals surface area contributed by atoms with E-state index in [9.17, 15) is 9.59 Å². The van der Waals surface area contributed by atoms with Gasteiger partial charge >= 0.3 is 6.09 Å². The van der Waals surface area contributed by atoms with Crippen LogP contribution in [0.4, 0.5) is 4.79 Å². The van der Waals surface area contributed by atoms with E-state index < -0.39 is 6.09 Å². The predicted molar refractivity (Wildman–Crippen MR) is 89.6 cm³/mol. The van der Waals surface area contributed by atoms with Crippen molar-refractivity contribution in [3.8, 4) is 0 Å². The van der Waals surface area contributed by atoms with E-state index in [4.69, 9.17) is 4.74 Å². The van der Waals surface area contributed by atoms with Gasteiger partial charge < -0.3 is 15.0 Å². The predicted octanol–water partition coefficient (Wildman–Crippen LogP) is 2.23. The van der Waals surface area contributed by atoms with Crippen molar-refractivity contribution < 1.29 is 14.3 Å². The van der Waals surface area contributed by atoms with Crippen LogP contribution in [0.25, 0.3) is 0 Å². The zero-order valence-electron chi connectivity index (χ0n) is 14.1. The highest BCUT2D eigenvalue weighted by Gasteiger charge is 2.58. The van der Waals surface area contributed by atoms with Crippen LogP contribution < -0.4 is 5.32 Å². The minimum absolute atomic E-state index is 0.151. The van der Waals surface area contributed by atoms with Gasteiger partial charge in [-0.3, -0.25) is 4.79 Å². The molecule has 2 amide bonds. The topological polar surface area (TPSA) is 58.6 Å². The molecule has 5 heteroatoms. The molecular formula is C19H24N2O3. The van der Waals surface area contributed by atoms with E-state index >= 15 is 0 Å². The van der Waals surface area contributed by atoms with Crippen molar-refractivity contribution in [2.45, 2.75) is 31.6 Å². The number of carbonyl (C=O) groups is 2. The molecule has 3 fully saturated rings. The first-order valence-corrected chi connectivity index (χ1v) is 8.85. The molecule has 1 aromatic rings. The fraction of sp³-hybridized carbons (Fsp3) is 0.579. The SMILES string of the molecule is Cc1ccc(C23CCN(C(=O)[C@@H]4CCOC(=O)NC4)CC2C3)cc1. The van der Waals surface area contributed by atoms with Gasteiger partial charge in [0, 0.05) is 25.0 Å². The average molecular weight is 328 g/mol. The van der Waals surface area contributed by atoms with E-state index in [2.05, 4.69) is 36.5 Å². The van der Waals surface area contributed by atoms with E-state index in [0.717, 1.165) is 19.5 Å². The molecule has 3 aliphatic rings. The molecule has 2 saturated heterocycles. The molecule has 5 nitrogen and oxygen atoms in total. The van der Waals surface area contributed by atoms with Crippen LogP contribution in [0.3, 0.4) is 0 Å². The highest BCUT2D eigenvalue weighted by molar-refractivity contribution is 5.80. The number of ether oxygens (including phenoxy) is 1. The molecule has 3 atom stereocenters. The Morgan fingerprint density at radius 1 is 1.33 bits per heavy atom. The number of hydrogen-bond acceptors (Lipinski definition) is 3. The van der Waals surface area contributed by atoms with Gasteiger partial charge in [0.25, 0.3) is 0 Å². The Morgan fingerprint density at radius 3 is 2.88 bits per heavy atom. The number of hydrogen-bond donors (Lipinski definition) is 1. The second-order valence-corrected chi connectivity index (χ2v) is 7.46. The number of fused-ring (bicyclic) bond motifs is 1. The maximum Gasteiger partial charge on any atom is 0.407 e. The van der Waals surface area contributed by atoms with Crippen LogP contribution in [0.15, 0.2) is 24.3 Å². The Balaban J connectivity index is 1.40. The van der Waals surface area contributed by atoms with Crippen molar-refractivity contribution in [1.82, 2.24) is 10.2 Å². The molecule has 2 heterocycles. The first-order valence-electron chi connectivity index (χ1n) is 8.85. The summed E-state index contributed by atoms with van der Waals surface area (Å²) in [6.07, 6.45) is 2.43. The quantitative estimate of drug-likeness (QED) is 0.906. The Labute approximate surface area is 142 Å². The number of likely N-dealkylation sites (tertiary alicyclic amines) is 1. The smallest absolute Gasteiger partial charge is 0.407 e. The van der Waals surface area contributed by atoms with Gasteiger partial charge in [-0.15, -0.1) is 0 Å². The number of piperidine rings is 1. The van der Waals surface area contributed by atoms with E-state index in [-0.39, 0.29) is 11.8 Å². The second-order valence-electron chi connectivity index (χ2n) is 7.46. The van der Waals surface area contributed by atoms with E-state index in [1.54, 1.807) is 0 Å². The van der Waals surface area contributed by atoms with Gasteiger partial charge in [0.1, 0.15) is 0 Å². The van der Waals surface area contributed by atoms with Crippen LogP contribution in [0.5, 0.6) is 0 Å². The lowest BCUT2D eigenvalue weighted by molar-refractivity contribution is -0.136. The van der Waals surface area contributed by atoms with Crippen molar-refractivity contribution in [2.75, 3.05) is 26.2 Å². The molecule has 1 aromatic carbocycles. The molecular weight excluding hydrogens is 304 g/mol. The first kappa shape index (κ1) is 15.5. The van der Waals surface area contributed by atoms with E-state index in [1.165, 1.54) is 17.5 Å². The van der Waals surface area contributed by atoms with Crippen molar-refractivity contribution in [1.29, 1.82) is 0 Å². The van der Waals surface area contributed by atoms with Crippen LogP contribution in [0.2, 0.25) is 0 Å². The van der Waals surface area contributed by atoms with Crippen LogP contribution in [0, 0.1) is 18.8 Å². The minimum atomic E-state index is -0.412. The highest BCUT2D eigenvalue weighted by Crippen LogP contribution is 2.59. The Hall–Kier alpha value is -2.04. The Morgan fingerprint density at radius 2 is 2.12 bits per heavy atom. The number of rotatable bonds is 2. The Bertz CT molecular complexity index is 657. The summed E-state index contributed by atoms with van der Waals surface area (Å²) in [6, 6.07) is 8.88. The lowest BCUT2D eigenvalue weighted by Gasteiger charge is -2.34. The lowest BCUT2D eigenvalue weighted by atomic mass is 9.86. The van der Waals surface area contributed by atoms with Crippen LogP contribution in [-0.2, 0) is 14.9 Å². The first-order chi connectivity index (χ1) is 11.6. The summed E-state index contributed by atoms with van der Waals surface area (Å²) < 4.78 is 4.96. The summed E-state index contributed by atoms with van der Waals surface area (Å²) in [5.74, 6) is 0.599. The normalized spacial score (nSPS) is 32.2. The maximum atomic E-state index is 12.8. The number of amides is 2. The van der Waals surface area contributed by atoms with Gasteiger partial charge in [0.05, 0.1) is 12.5 Å². The second kappa shape index (κ2) is 5.80. The third-order valence-electron chi connectivity index (χ3n) is 5.98. The molecule has 128 valence electrons. The maximum absolute atomic E-state index is 12.8. The van der Waals surface area contributed by atoms with Gasteiger partial charge in [0.2, 0.25) is 5.91 Å². The van der Waals surface area contributed by atoms with Crippen LogP contribution in [-0.4, -0.2) is 43.1 Å². The van der Waals surface area contributed by atoms with Crippen molar-refractivity contribution in [3.05, 3.63) is 35.4 Å². The lowest BCUT2D eigenvalue weighted by Crippen LogP contribution is -2.45. The Kier molecular flexibility index (Phi) is 3.74. The molecule has 2 aliphatic heterocycles. The summed E-state index contributed by atoms with van der Waals surface area (Å²) in [7, 11) is 0. The molecule has 1 saturated carbocycles. The van der Waals surface area contributed by atoms with E-state index in [0.29, 0.717) is 30.9 Å². The van der Waals surface area contributed by atoms with Crippen molar-refractivity contribution >= 4 is 12.0 Å². The summed E-state index contributed by atoms with van der Waals surface area (Å²) in [6.45, 7) is 4.49. The number of benzene rings is 1. The number of cyclic esters (lactones) is 1. The fourth-order valence-corrected chi connectivity index (χ4v) is 4.32. The highest BCUT2D eigenvalue weighted by atomic mass is 16.5. The number of alkyl carbamates (subject to hydrolysis) is 1. The molecule has 2 unspecified atom stereocenters. The standard InChI is InChI=1S/C19H24N2O3/c1-13-2-4-15(5-3-13)19-7-8-21(12-16(19)10-19)17(22)14-6-9-24-18(23)20-11-14/h2-5,14,16H,6-12H2,1H3,(H,20,23)/t14-,16?,19?/m1/s1. The molecule has 1 N–H and O–H groups in total. The zero-order chi connectivity index (χ0) is 16.7. The molecule has 24 heavy (non-hydrogen) atoms. The molecule has 0 spiro atoms. The van der Waals surface area contributed by atoms with Gasteiger partial charge in [-0.2, -0.15) is 0 Å². The van der Waals surface area contributed by atoms with Gasteiger partial charge in [-0.25, -0.2) is 4.79 Å². The molecule has 0 bridgehead atoms. The number of nitrogens with one attached hydrogen (secondary N) is 1. The molecule has 4 rings (SSSR count). The third-order valence-corrected chi connectivity index (χ3v) is 5.98. The number of aryl methyl sites for hydroxylation is 1. The van der Waals surface area contributed by atoms with Gasteiger partial charge in [-0.1, -0.05) is 29.8 Å². The monoisotopic (exact) mass is 328 g/mol. The number of nitrogens with zero attached hydrogens (tertiary/aromatic N) is 1. The fourth-order valence-electron chi connectivity index (χ4n) is 4.32. The third kappa shape index (κ3) is 2.66. The molecule has 1 aliphatic carbocycles. The summed E-state index contributed by atoms with van der Waals surface area (Å²) in [5, 5.41) is 2.67. The van der Waals surface area contributed by atoms with E-state index in [1.807, 2.05) is 4.90 Å². The summed E-state index contributed by atoms with van der Waals surface area (Å²) >= 11 is 0. The summed E-state index contributed by atoms with van der Waals surface area (Å²) in [5.41, 5.74) is 3.02. The molecule has 0 radical (unpaired) electrons. The van der Waals surface area contributed by atoms with Gasteiger partial charge in [-0.05, 0) is 37.7 Å². The van der Waals surface area contributed by atoms with Crippen molar-refractivity contribution in [3.63, 3.8) is 0 Å². The summed E-state index contributed by atoms with van der Waals surface area (Å²) in [4.78, 5) is 26.0. The molecule has 0 aromatic heterocycles. The largest absolute Gasteiger partial charge is 0.450 e. The zero-order valence-corrected chi connectivity index (χ0v) is 14.1. The minimum Gasteiger partial charge on any atom is -0.450 e. The van der Waals surface area contributed by atoms with Crippen LogP contribution >= 0.6 is 0 Å². The van der Waals surface area contributed by atoms with Gasteiger partial charge in [0.15, 0.2) is 0 Å².